The zero-order valence-corrected chi connectivity index (χ0v) is 15.5. The molecular formula is C22H30O2. The van der Waals surface area contributed by atoms with Gasteiger partial charge in [0.05, 0.1) is 6.61 Å². The molecule has 130 valence electrons. The van der Waals surface area contributed by atoms with Crippen molar-refractivity contribution in [2.45, 2.75) is 47.6 Å². The number of hydrogen-bond donors (Lipinski definition) is 2. The fraction of sp³-hybridized carbons (Fsp3) is 0.364. The molecular weight excluding hydrogens is 296 g/mol. The van der Waals surface area contributed by atoms with E-state index in [-0.39, 0.29) is 12.4 Å². The first-order chi connectivity index (χ1) is 11.4. The second kappa shape index (κ2) is 9.94. The van der Waals surface area contributed by atoms with E-state index in [1.807, 2.05) is 43.4 Å². The Morgan fingerprint density at radius 2 is 1.88 bits per heavy atom. The SMILES string of the molecule is C/C=C/C=C/c1c(CC=C(C)C)cc(/C=C/C(C)C)c(O)c1CO. The molecule has 24 heavy (non-hydrogen) atoms. The Morgan fingerprint density at radius 3 is 2.42 bits per heavy atom. The maximum Gasteiger partial charge on any atom is 0.128 e. The summed E-state index contributed by atoms with van der Waals surface area (Å²) in [4.78, 5) is 0. The minimum absolute atomic E-state index is 0.162. The number of allylic oxidation sites excluding steroid dienone is 6. The number of phenols is 1. The van der Waals surface area contributed by atoms with Crippen LogP contribution in [0, 0.1) is 5.92 Å². The average molecular weight is 326 g/mol. The van der Waals surface area contributed by atoms with Gasteiger partial charge in [-0.15, -0.1) is 0 Å². The van der Waals surface area contributed by atoms with E-state index >= 15 is 0 Å². The lowest BCUT2D eigenvalue weighted by Crippen LogP contribution is -1.99. The Balaban J connectivity index is 3.52. The van der Waals surface area contributed by atoms with Gasteiger partial charge in [-0.2, -0.15) is 0 Å². The third kappa shape index (κ3) is 5.86. The summed E-state index contributed by atoms with van der Waals surface area (Å²) in [6.45, 7) is 10.1. The highest BCUT2D eigenvalue weighted by atomic mass is 16.3. The van der Waals surface area contributed by atoms with Gasteiger partial charge in [-0.05, 0) is 50.3 Å². The van der Waals surface area contributed by atoms with Gasteiger partial charge in [-0.3, -0.25) is 0 Å². The third-order valence-corrected chi connectivity index (χ3v) is 3.68. The van der Waals surface area contributed by atoms with Crippen LogP contribution in [-0.4, -0.2) is 10.2 Å². The molecule has 0 bridgehead atoms. The molecule has 0 aliphatic heterocycles. The van der Waals surface area contributed by atoms with Crippen molar-refractivity contribution in [2.75, 3.05) is 0 Å². The summed E-state index contributed by atoms with van der Waals surface area (Å²) in [5.74, 6) is 0.563. The standard InChI is InChI=1S/C22H30O2/c1-6-7-8-9-20-18(12-10-16(2)3)14-19(13-11-17(4)5)22(24)21(20)15-23/h6-11,13-14,17,23-24H,12,15H2,1-5H3/b7-6+,9-8+,13-11+. The molecule has 0 aromatic heterocycles. The van der Waals surface area contributed by atoms with Gasteiger partial charge in [-0.25, -0.2) is 0 Å². The lowest BCUT2D eigenvalue weighted by Gasteiger charge is -2.15. The molecule has 1 aromatic rings. The van der Waals surface area contributed by atoms with E-state index in [0.717, 1.165) is 23.1 Å². The van der Waals surface area contributed by atoms with Crippen LogP contribution in [0.4, 0.5) is 0 Å². The van der Waals surface area contributed by atoms with Crippen LogP contribution in [0.15, 0.2) is 42.0 Å². The van der Waals surface area contributed by atoms with Crippen LogP contribution in [-0.2, 0) is 13.0 Å². The molecule has 2 heteroatoms. The van der Waals surface area contributed by atoms with Crippen molar-refractivity contribution in [2.24, 2.45) is 5.92 Å². The van der Waals surface area contributed by atoms with Crippen LogP contribution < -0.4 is 0 Å². The highest BCUT2D eigenvalue weighted by Crippen LogP contribution is 2.32. The molecule has 2 N–H and O–H groups in total. The maximum atomic E-state index is 10.6. The van der Waals surface area contributed by atoms with Crippen molar-refractivity contribution in [3.05, 3.63) is 64.3 Å². The zero-order valence-electron chi connectivity index (χ0n) is 15.5. The van der Waals surface area contributed by atoms with E-state index in [0.29, 0.717) is 11.5 Å². The number of aliphatic hydroxyl groups is 1. The number of benzene rings is 1. The third-order valence-electron chi connectivity index (χ3n) is 3.68. The normalized spacial score (nSPS) is 12.1. The summed E-state index contributed by atoms with van der Waals surface area (Å²) >= 11 is 0. The largest absolute Gasteiger partial charge is 0.507 e. The highest BCUT2D eigenvalue weighted by Gasteiger charge is 2.14. The monoisotopic (exact) mass is 326 g/mol. The average Bonchev–Trinajstić information content (AvgIpc) is 2.53. The Labute approximate surface area is 146 Å². The molecule has 1 rings (SSSR count). The van der Waals surface area contributed by atoms with Crippen molar-refractivity contribution in [1.29, 1.82) is 0 Å². The summed E-state index contributed by atoms with van der Waals surface area (Å²) in [6, 6.07) is 2.02. The van der Waals surface area contributed by atoms with Gasteiger partial charge in [0.25, 0.3) is 0 Å². The number of aliphatic hydroxyl groups excluding tert-OH is 1. The first-order valence-electron chi connectivity index (χ1n) is 8.50. The van der Waals surface area contributed by atoms with E-state index in [2.05, 4.69) is 39.8 Å². The van der Waals surface area contributed by atoms with E-state index in [9.17, 15) is 10.2 Å². The van der Waals surface area contributed by atoms with Crippen LogP contribution in [0.1, 0.15) is 56.9 Å². The molecule has 2 nitrogen and oxygen atoms in total. The van der Waals surface area contributed by atoms with Gasteiger partial charge >= 0.3 is 0 Å². The number of rotatable bonds is 7. The predicted octanol–water partition coefficient (Wildman–Crippen LogP) is 5.65. The van der Waals surface area contributed by atoms with Crippen molar-refractivity contribution in [1.82, 2.24) is 0 Å². The fourth-order valence-electron chi connectivity index (χ4n) is 2.37. The van der Waals surface area contributed by atoms with Gasteiger partial charge in [0.15, 0.2) is 0 Å². The molecule has 0 amide bonds. The number of hydrogen-bond acceptors (Lipinski definition) is 2. The lowest BCUT2D eigenvalue weighted by atomic mass is 9.93. The molecule has 0 atom stereocenters. The van der Waals surface area contributed by atoms with E-state index in [4.69, 9.17) is 0 Å². The minimum atomic E-state index is -0.188. The smallest absolute Gasteiger partial charge is 0.128 e. The molecule has 0 saturated heterocycles. The van der Waals surface area contributed by atoms with Crippen LogP contribution in [0.3, 0.4) is 0 Å². The maximum absolute atomic E-state index is 10.6. The van der Waals surface area contributed by atoms with E-state index in [1.165, 1.54) is 5.57 Å². The van der Waals surface area contributed by atoms with Crippen molar-refractivity contribution in [3.8, 4) is 5.75 Å². The molecule has 0 radical (unpaired) electrons. The summed E-state index contributed by atoms with van der Waals surface area (Å²) in [7, 11) is 0. The Kier molecular flexibility index (Phi) is 8.28. The van der Waals surface area contributed by atoms with Gasteiger partial charge in [0.2, 0.25) is 0 Å². The Bertz CT molecular complexity index is 655. The van der Waals surface area contributed by atoms with Gasteiger partial charge in [0, 0.05) is 11.1 Å². The van der Waals surface area contributed by atoms with Crippen LogP contribution in [0.5, 0.6) is 5.75 Å². The van der Waals surface area contributed by atoms with Crippen molar-refractivity contribution >= 4 is 12.2 Å². The van der Waals surface area contributed by atoms with Crippen molar-refractivity contribution < 1.29 is 10.2 Å². The molecule has 0 heterocycles. The molecule has 0 saturated carbocycles. The fourth-order valence-corrected chi connectivity index (χ4v) is 2.37. The summed E-state index contributed by atoms with van der Waals surface area (Å²) in [5.41, 5.74) is 4.58. The quantitative estimate of drug-likeness (QED) is 0.502. The van der Waals surface area contributed by atoms with Crippen molar-refractivity contribution in [3.63, 3.8) is 0 Å². The summed E-state index contributed by atoms with van der Waals surface area (Å²) < 4.78 is 0. The zero-order chi connectivity index (χ0) is 18.1. The van der Waals surface area contributed by atoms with Crippen LogP contribution in [0.25, 0.3) is 12.2 Å². The summed E-state index contributed by atoms with van der Waals surface area (Å²) in [5, 5.41) is 20.4. The first-order valence-corrected chi connectivity index (χ1v) is 8.50. The molecule has 0 fully saturated rings. The minimum Gasteiger partial charge on any atom is -0.507 e. The second-order valence-corrected chi connectivity index (χ2v) is 6.50. The molecule has 0 spiro atoms. The van der Waals surface area contributed by atoms with E-state index < -0.39 is 0 Å². The van der Waals surface area contributed by atoms with Gasteiger partial charge in [0.1, 0.15) is 5.75 Å². The summed E-state index contributed by atoms with van der Waals surface area (Å²) in [6.07, 6.45) is 14.7. The molecule has 0 aliphatic rings. The van der Waals surface area contributed by atoms with Gasteiger partial charge < -0.3 is 10.2 Å². The van der Waals surface area contributed by atoms with Crippen LogP contribution >= 0.6 is 0 Å². The van der Waals surface area contributed by atoms with E-state index in [1.54, 1.807) is 0 Å². The Hall–Kier alpha value is -2.06. The molecule has 0 unspecified atom stereocenters. The predicted molar refractivity (Wildman–Crippen MR) is 105 cm³/mol. The Morgan fingerprint density at radius 1 is 1.17 bits per heavy atom. The van der Waals surface area contributed by atoms with Gasteiger partial charge in [-0.1, -0.05) is 62.0 Å². The second-order valence-electron chi connectivity index (χ2n) is 6.50. The highest BCUT2D eigenvalue weighted by molar-refractivity contribution is 5.70. The first kappa shape index (κ1) is 20.0. The number of aromatic hydroxyl groups is 1. The topological polar surface area (TPSA) is 40.5 Å². The molecule has 0 aliphatic carbocycles. The lowest BCUT2D eigenvalue weighted by molar-refractivity contribution is 0.275. The van der Waals surface area contributed by atoms with Crippen LogP contribution in [0.2, 0.25) is 0 Å². The molecule has 1 aromatic carbocycles.